The van der Waals surface area contributed by atoms with Crippen molar-refractivity contribution in [2.24, 2.45) is 0 Å². The highest BCUT2D eigenvalue weighted by Gasteiger charge is 2.01. The number of hydrogen-bond donors (Lipinski definition) is 1. The molecular weight excluding hydrogens is 240 g/mol. The van der Waals surface area contributed by atoms with E-state index in [1.807, 2.05) is 12.3 Å². The van der Waals surface area contributed by atoms with Crippen molar-refractivity contribution in [1.29, 1.82) is 0 Å². The summed E-state index contributed by atoms with van der Waals surface area (Å²) in [7, 11) is 0. The van der Waals surface area contributed by atoms with Gasteiger partial charge >= 0.3 is 0 Å². The average Bonchev–Trinajstić information content (AvgIpc) is 2.92. The molecule has 3 aromatic rings. The maximum absolute atomic E-state index is 4.37. The zero-order valence-corrected chi connectivity index (χ0v) is 10.8. The van der Waals surface area contributed by atoms with Gasteiger partial charge in [-0.2, -0.15) is 0 Å². The summed E-state index contributed by atoms with van der Waals surface area (Å²) in [6.07, 6.45) is 1.88. The van der Waals surface area contributed by atoms with E-state index in [-0.39, 0.29) is 0 Å². The van der Waals surface area contributed by atoms with Gasteiger partial charge in [0.1, 0.15) is 0 Å². The largest absolute Gasteiger partial charge is 0.308 e. The van der Waals surface area contributed by atoms with E-state index in [0.29, 0.717) is 0 Å². The van der Waals surface area contributed by atoms with Gasteiger partial charge in [-0.05, 0) is 29.1 Å². The van der Waals surface area contributed by atoms with E-state index in [1.165, 1.54) is 15.8 Å². The van der Waals surface area contributed by atoms with Crippen LogP contribution >= 0.6 is 11.3 Å². The number of rotatable bonds is 4. The molecule has 1 N–H and O–H groups in total. The van der Waals surface area contributed by atoms with E-state index in [9.17, 15) is 0 Å². The summed E-state index contributed by atoms with van der Waals surface area (Å²) in [4.78, 5) is 5.74. The smallest absolute Gasteiger partial charge is 0.0705 e. The van der Waals surface area contributed by atoms with Gasteiger partial charge < -0.3 is 5.32 Å². The molecular formula is C15H14N2S. The summed E-state index contributed by atoms with van der Waals surface area (Å²) in [6, 6.07) is 14.6. The van der Waals surface area contributed by atoms with Crippen molar-refractivity contribution in [3.63, 3.8) is 0 Å². The van der Waals surface area contributed by atoms with Crippen LogP contribution in [0.3, 0.4) is 0 Å². The Hall–Kier alpha value is -1.71. The van der Waals surface area contributed by atoms with E-state index < -0.39 is 0 Å². The molecule has 0 radical (unpaired) electrons. The van der Waals surface area contributed by atoms with E-state index in [0.717, 1.165) is 18.6 Å². The molecule has 0 aliphatic heterocycles. The molecule has 3 rings (SSSR count). The lowest BCUT2D eigenvalue weighted by molar-refractivity contribution is 0.704. The summed E-state index contributed by atoms with van der Waals surface area (Å²) < 4.78 is 0. The highest BCUT2D eigenvalue weighted by molar-refractivity contribution is 7.09. The Balaban J connectivity index is 1.74. The van der Waals surface area contributed by atoms with E-state index in [4.69, 9.17) is 0 Å². The Morgan fingerprint density at radius 3 is 2.83 bits per heavy atom. The fourth-order valence-corrected chi connectivity index (χ4v) is 2.72. The number of para-hydroxylation sites is 1. The van der Waals surface area contributed by atoms with Gasteiger partial charge in [-0.25, -0.2) is 0 Å². The molecule has 0 saturated heterocycles. The zero-order valence-electron chi connectivity index (χ0n) is 9.97. The van der Waals surface area contributed by atoms with Crippen LogP contribution in [-0.4, -0.2) is 4.98 Å². The van der Waals surface area contributed by atoms with Crippen LogP contribution in [0.1, 0.15) is 10.4 Å². The standard InChI is InChI=1S/C15H14N2S/c1-2-6-15-14(5-1)12(7-8-17-15)10-16-11-13-4-3-9-18-13/h1-9,16H,10-11H2. The van der Waals surface area contributed by atoms with Crippen LogP contribution in [-0.2, 0) is 13.1 Å². The number of thiophene rings is 1. The molecule has 1 aromatic carbocycles. The second kappa shape index (κ2) is 5.29. The van der Waals surface area contributed by atoms with E-state index >= 15 is 0 Å². The van der Waals surface area contributed by atoms with Crippen LogP contribution in [0.5, 0.6) is 0 Å². The number of nitrogens with one attached hydrogen (secondary N) is 1. The van der Waals surface area contributed by atoms with Crippen molar-refractivity contribution < 1.29 is 0 Å². The first kappa shape index (κ1) is 11.4. The maximum Gasteiger partial charge on any atom is 0.0705 e. The van der Waals surface area contributed by atoms with Gasteiger partial charge in [0.25, 0.3) is 0 Å². The van der Waals surface area contributed by atoms with E-state index in [2.05, 4.69) is 52.1 Å². The van der Waals surface area contributed by atoms with Crippen LogP contribution in [0.15, 0.2) is 54.0 Å². The van der Waals surface area contributed by atoms with Crippen molar-refractivity contribution in [2.75, 3.05) is 0 Å². The third-order valence-electron chi connectivity index (χ3n) is 2.93. The molecule has 2 aromatic heterocycles. The van der Waals surface area contributed by atoms with E-state index in [1.54, 1.807) is 11.3 Å². The minimum atomic E-state index is 0.876. The van der Waals surface area contributed by atoms with Crippen molar-refractivity contribution in [2.45, 2.75) is 13.1 Å². The monoisotopic (exact) mass is 254 g/mol. The fraction of sp³-hybridized carbons (Fsp3) is 0.133. The zero-order chi connectivity index (χ0) is 12.2. The summed E-state index contributed by atoms with van der Waals surface area (Å²) in [6.45, 7) is 1.80. The predicted octanol–water partition coefficient (Wildman–Crippen LogP) is 3.59. The van der Waals surface area contributed by atoms with Gasteiger partial charge in [0, 0.05) is 29.5 Å². The highest BCUT2D eigenvalue weighted by Crippen LogP contribution is 2.16. The lowest BCUT2D eigenvalue weighted by atomic mass is 10.1. The molecule has 18 heavy (non-hydrogen) atoms. The molecule has 2 nitrogen and oxygen atoms in total. The van der Waals surface area contributed by atoms with Gasteiger partial charge in [0.2, 0.25) is 0 Å². The van der Waals surface area contributed by atoms with Gasteiger partial charge in [0.05, 0.1) is 5.52 Å². The molecule has 0 saturated carbocycles. The molecule has 90 valence electrons. The molecule has 2 heterocycles. The summed E-state index contributed by atoms with van der Waals surface area (Å²) in [5.41, 5.74) is 2.37. The van der Waals surface area contributed by atoms with Crippen LogP contribution in [0.4, 0.5) is 0 Å². The van der Waals surface area contributed by atoms with Gasteiger partial charge in [-0.15, -0.1) is 11.3 Å². The molecule has 0 atom stereocenters. The first-order valence-corrected chi connectivity index (χ1v) is 6.87. The molecule has 3 heteroatoms. The lowest BCUT2D eigenvalue weighted by Gasteiger charge is -2.06. The number of hydrogen-bond acceptors (Lipinski definition) is 3. The molecule has 0 unspecified atom stereocenters. The molecule has 0 spiro atoms. The molecule has 0 aliphatic carbocycles. The van der Waals surface area contributed by atoms with Crippen molar-refractivity contribution in [3.05, 3.63) is 64.5 Å². The first-order valence-electron chi connectivity index (χ1n) is 5.99. The summed E-state index contributed by atoms with van der Waals surface area (Å²) in [5.74, 6) is 0. The van der Waals surface area contributed by atoms with Crippen LogP contribution in [0.2, 0.25) is 0 Å². The number of aromatic nitrogens is 1. The number of benzene rings is 1. The normalized spacial score (nSPS) is 10.9. The van der Waals surface area contributed by atoms with Crippen LogP contribution < -0.4 is 5.32 Å². The summed E-state index contributed by atoms with van der Waals surface area (Å²) >= 11 is 1.79. The Bertz CT molecular complexity index is 627. The average molecular weight is 254 g/mol. The Kier molecular flexibility index (Phi) is 3.35. The van der Waals surface area contributed by atoms with Crippen molar-refractivity contribution in [1.82, 2.24) is 10.3 Å². The number of pyridine rings is 1. The molecule has 0 fully saturated rings. The minimum absolute atomic E-state index is 0.876. The highest BCUT2D eigenvalue weighted by atomic mass is 32.1. The molecule has 0 amide bonds. The SMILES string of the molecule is c1csc(CNCc2ccnc3ccccc23)c1. The Morgan fingerprint density at radius 1 is 1.00 bits per heavy atom. The third-order valence-corrected chi connectivity index (χ3v) is 3.81. The fourth-order valence-electron chi connectivity index (χ4n) is 2.04. The van der Waals surface area contributed by atoms with Crippen molar-refractivity contribution in [3.8, 4) is 0 Å². The van der Waals surface area contributed by atoms with Gasteiger partial charge in [0.15, 0.2) is 0 Å². The Labute approximate surface area is 110 Å². The van der Waals surface area contributed by atoms with Gasteiger partial charge in [-0.3, -0.25) is 4.98 Å². The predicted molar refractivity (Wildman–Crippen MR) is 76.6 cm³/mol. The van der Waals surface area contributed by atoms with Gasteiger partial charge in [-0.1, -0.05) is 24.3 Å². The second-order valence-corrected chi connectivity index (χ2v) is 5.20. The second-order valence-electron chi connectivity index (χ2n) is 4.17. The third kappa shape index (κ3) is 2.42. The van der Waals surface area contributed by atoms with Crippen LogP contribution in [0, 0.1) is 0 Å². The molecule has 0 bridgehead atoms. The molecule has 0 aliphatic rings. The topological polar surface area (TPSA) is 24.9 Å². The first-order chi connectivity index (χ1) is 8.93. The number of fused-ring (bicyclic) bond motifs is 1. The number of nitrogens with zero attached hydrogens (tertiary/aromatic N) is 1. The summed E-state index contributed by atoms with van der Waals surface area (Å²) in [5, 5.41) is 6.82. The lowest BCUT2D eigenvalue weighted by Crippen LogP contribution is -2.12. The Morgan fingerprint density at radius 2 is 1.94 bits per heavy atom. The maximum atomic E-state index is 4.37. The van der Waals surface area contributed by atoms with Crippen molar-refractivity contribution >= 4 is 22.2 Å². The quantitative estimate of drug-likeness (QED) is 0.769. The minimum Gasteiger partial charge on any atom is -0.308 e. The van der Waals surface area contributed by atoms with Crippen LogP contribution in [0.25, 0.3) is 10.9 Å².